The second-order valence-corrected chi connectivity index (χ2v) is 9.92. The van der Waals surface area contributed by atoms with E-state index in [1.54, 1.807) is 41.5 Å². The average molecular weight is 655 g/mol. The number of nitrogens with zero attached hydrogens (tertiary/aromatic N) is 1. The van der Waals surface area contributed by atoms with E-state index in [9.17, 15) is 14.4 Å². The van der Waals surface area contributed by atoms with Crippen LogP contribution in [0.15, 0.2) is 0 Å². The van der Waals surface area contributed by atoms with E-state index in [1.807, 2.05) is 13.8 Å². The van der Waals surface area contributed by atoms with Crippen LogP contribution in [0.25, 0.3) is 5.73 Å². The first-order chi connectivity index (χ1) is 13.7. The van der Waals surface area contributed by atoms with E-state index in [-0.39, 0.29) is 50.5 Å². The van der Waals surface area contributed by atoms with Gasteiger partial charge in [0.15, 0.2) is 0 Å². The maximum Gasteiger partial charge on any atom is 0.411 e. The maximum atomic E-state index is 13.2. The molecule has 1 rings (SSSR count). The van der Waals surface area contributed by atoms with Gasteiger partial charge in [-0.2, -0.15) is 0 Å². The number of ether oxygens (including phenoxy) is 3. The molecule has 8 nitrogen and oxygen atoms in total. The first-order valence-corrected chi connectivity index (χ1v) is 10.6. The van der Waals surface area contributed by atoms with Crippen molar-refractivity contribution in [3.8, 4) is 0 Å². The summed E-state index contributed by atoms with van der Waals surface area (Å²) in [5, 5.41) is 0. The average Bonchev–Trinajstić information content (AvgIpc) is 3.00. The third-order valence-electron chi connectivity index (χ3n) is 5.56. The van der Waals surface area contributed by atoms with E-state index in [2.05, 4.69) is 0 Å². The number of likely N-dealkylation sites (tertiary alicyclic amines) is 1. The van der Waals surface area contributed by atoms with Gasteiger partial charge in [0.25, 0.3) is 0 Å². The number of aldehydes is 1. The minimum absolute atomic E-state index is 0. The Labute approximate surface area is 222 Å². The molecule has 1 amide bonds. The summed E-state index contributed by atoms with van der Waals surface area (Å²) in [5.74, 6) is -1.31. The molecule has 31 heavy (non-hydrogen) atoms. The van der Waals surface area contributed by atoms with Crippen molar-refractivity contribution in [1.82, 2.24) is 4.90 Å². The van der Waals surface area contributed by atoms with Gasteiger partial charge in [-0.1, -0.05) is 19.9 Å². The van der Waals surface area contributed by atoms with Crippen LogP contribution in [0.4, 0.5) is 4.79 Å². The van der Waals surface area contributed by atoms with Gasteiger partial charge in [-0.15, -0.1) is 0 Å². The van der Waals surface area contributed by atoms with Gasteiger partial charge in [0, 0.05) is 63.1 Å². The number of carbonyl (C=O) groups excluding carboxylic acids is 3. The van der Waals surface area contributed by atoms with Gasteiger partial charge in [-0.25, -0.2) is 9.59 Å². The van der Waals surface area contributed by atoms with Crippen molar-refractivity contribution >= 4 is 18.3 Å². The van der Waals surface area contributed by atoms with Gasteiger partial charge in [0.2, 0.25) is 0 Å². The molecule has 1 fully saturated rings. The van der Waals surface area contributed by atoms with E-state index >= 15 is 0 Å². The van der Waals surface area contributed by atoms with E-state index in [0.717, 1.165) is 6.29 Å². The molecule has 1 saturated heterocycles. The Morgan fingerprint density at radius 3 is 1.90 bits per heavy atom. The second kappa shape index (κ2) is 11.8. The van der Waals surface area contributed by atoms with Gasteiger partial charge in [0.1, 0.15) is 23.5 Å². The van der Waals surface area contributed by atoms with Gasteiger partial charge in [0.05, 0.1) is 5.60 Å². The molecule has 0 aromatic carbocycles. The predicted octanol–water partition coefficient (Wildman–Crippen LogP) is 4.15. The van der Waals surface area contributed by atoms with Crippen LogP contribution in [0.1, 0.15) is 74.7 Å². The zero-order chi connectivity index (χ0) is 23.5. The Hall–Kier alpha value is -0.228. The molecule has 4 atom stereocenters. The van der Waals surface area contributed by atoms with Crippen molar-refractivity contribution < 1.29 is 72.7 Å². The monoisotopic (exact) mass is 654 g/mol. The third kappa shape index (κ3) is 7.65. The number of amides is 1. The van der Waals surface area contributed by atoms with E-state index in [1.165, 1.54) is 12.0 Å². The largest absolute Gasteiger partial charge is 0.671 e. The van der Waals surface area contributed by atoms with Crippen LogP contribution in [0.2, 0.25) is 0 Å². The summed E-state index contributed by atoms with van der Waals surface area (Å²) < 4.78 is 16.8. The Kier molecular flexibility index (Phi) is 11.7. The molecule has 1 aliphatic heterocycles. The van der Waals surface area contributed by atoms with Gasteiger partial charge in [-0.05, 0) is 60.8 Å². The van der Waals surface area contributed by atoms with Crippen LogP contribution in [0.3, 0.4) is 0 Å². The molecular weight excluding hydrogens is 615 g/mol. The number of rotatable bonds is 7. The minimum Gasteiger partial charge on any atom is -0.671 e. The zero-order valence-corrected chi connectivity index (χ0v) is 25.2. The first kappa shape index (κ1) is 30.8. The number of hydrogen-bond acceptors (Lipinski definition) is 6. The van der Waals surface area contributed by atoms with Gasteiger partial charge < -0.3 is 24.7 Å². The molecule has 0 bridgehead atoms. The predicted molar refractivity (Wildman–Crippen MR) is 114 cm³/mol. The molecule has 1 aliphatic rings. The number of methoxy groups -OCH3 is 1. The zero-order valence-electron chi connectivity index (χ0n) is 20.5. The molecule has 0 saturated carbocycles. The second-order valence-electron chi connectivity index (χ2n) is 9.92. The normalized spacial score (nSPS) is 23.0. The van der Waals surface area contributed by atoms with Crippen molar-refractivity contribution in [1.29, 1.82) is 0 Å². The fourth-order valence-electron chi connectivity index (χ4n) is 4.03. The standard InChI is InChI=1S/C22H39N2O6.Ac/c1-10-22(11-2,28-9)17(23)16-14(13-25)12-15(18(26)29-20(3,4)5)24(16)19(27)30-21(6,7)8;/h13-17,23H,10-12H2,1-9H3;/q-1;/t14-,15+,16+,17+;/m0./s1. The molecule has 177 valence electrons. The fraction of sp³-hybridized carbons (Fsp3) is 0.864. The van der Waals surface area contributed by atoms with Gasteiger partial charge >= 0.3 is 12.1 Å². The van der Waals surface area contributed by atoms with Crippen LogP contribution in [-0.2, 0) is 23.8 Å². The summed E-state index contributed by atoms with van der Waals surface area (Å²) in [4.78, 5) is 39.3. The van der Waals surface area contributed by atoms with Crippen LogP contribution < -0.4 is 0 Å². The summed E-state index contributed by atoms with van der Waals surface area (Å²) in [6, 6.07) is -2.82. The van der Waals surface area contributed by atoms with Gasteiger partial charge in [-0.3, -0.25) is 4.90 Å². The molecule has 0 aromatic heterocycles. The van der Waals surface area contributed by atoms with Crippen molar-refractivity contribution in [2.24, 2.45) is 5.92 Å². The van der Waals surface area contributed by atoms with Crippen LogP contribution in [0, 0.1) is 50.0 Å². The minimum atomic E-state index is -1.00. The third-order valence-corrected chi connectivity index (χ3v) is 5.56. The van der Waals surface area contributed by atoms with E-state index in [4.69, 9.17) is 19.9 Å². The van der Waals surface area contributed by atoms with E-state index in [0.29, 0.717) is 12.8 Å². The Balaban J connectivity index is 0.00000900. The number of carbonyl (C=O) groups is 3. The number of hydrogen-bond donors (Lipinski definition) is 0. The van der Waals surface area contributed by atoms with Crippen LogP contribution in [-0.4, -0.2) is 65.3 Å². The summed E-state index contributed by atoms with van der Waals surface area (Å²) in [6.07, 6.45) is 1.12. The van der Waals surface area contributed by atoms with Crippen LogP contribution >= 0.6 is 0 Å². The van der Waals surface area contributed by atoms with Crippen molar-refractivity contribution in [3.63, 3.8) is 0 Å². The SMILES string of the molecule is CCC(CC)(OC)[C@H]([NH-])[C@H]1[C@H](C=O)C[C@H](C(=O)OC(C)(C)C)N1C(=O)OC(C)(C)C.[Ac]. The Morgan fingerprint density at radius 2 is 1.55 bits per heavy atom. The molecule has 0 aliphatic carbocycles. The fourth-order valence-corrected chi connectivity index (χ4v) is 4.03. The number of nitrogens with one attached hydrogen (secondary N) is 1. The summed E-state index contributed by atoms with van der Waals surface area (Å²) >= 11 is 0. The number of esters is 1. The molecular formula is C22H39AcN2O6-. The summed E-state index contributed by atoms with van der Waals surface area (Å²) in [5.41, 5.74) is 6.57. The molecule has 0 aromatic rings. The molecule has 1 heterocycles. The summed E-state index contributed by atoms with van der Waals surface area (Å²) in [7, 11) is 1.53. The quantitative estimate of drug-likeness (QED) is 0.302. The first-order valence-electron chi connectivity index (χ1n) is 10.6. The topological polar surface area (TPSA) is 106 Å². The van der Waals surface area contributed by atoms with E-state index < -0.39 is 52.9 Å². The van der Waals surface area contributed by atoms with Crippen molar-refractivity contribution in [2.75, 3.05) is 7.11 Å². The van der Waals surface area contributed by atoms with Crippen LogP contribution in [0.5, 0.6) is 0 Å². The van der Waals surface area contributed by atoms with Crippen molar-refractivity contribution in [2.45, 2.75) is 110 Å². The van der Waals surface area contributed by atoms with Crippen molar-refractivity contribution in [3.05, 3.63) is 5.73 Å². The smallest absolute Gasteiger partial charge is 0.411 e. The Bertz CT molecular complexity index is 616. The molecule has 0 unspecified atom stereocenters. The molecule has 9 heteroatoms. The molecule has 1 N–H and O–H groups in total. The Morgan fingerprint density at radius 1 is 1.06 bits per heavy atom. The maximum absolute atomic E-state index is 13.2. The molecule has 1 radical (unpaired) electrons. The summed E-state index contributed by atoms with van der Waals surface area (Å²) in [6.45, 7) is 14.2. The molecule has 0 spiro atoms.